The van der Waals surface area contributed by atoms with Gasteiger partial charge in [0.1, 0.15) is 0 Å². The predicted octanol–water partition coefficient (Wildman–Crippen LogP) is 3.21. The van der Waals surface area contributed by atoms with Gasteiger partial charge in [-0.15, -0.1) is 0 Å². The fourth-order valence-electron chi connectivity index (χ4n) is 1.57. The van der Waals surface area contributed by atoms with Crippen LogP contribution in [0.15, 0.2) is 24.3 Å². The summed E-state index contributed by atoms with van der Waals surface area (Å²) in [6.45, 7) is 4.22. The van der Waals surface area contributed by atoms with E-state index in [0.29, 0.717) is 5.56 Å². The molecule has 0 saturated carbocycles. The molecule has 1 aromatic rings. The van der Waals surface area contributed by atoms with Gasteiger partial charge in [0.15, 0.2) is 6.61 Å². The quantitative estimate of drug-likeness (QED) is 0.860. The van der Waals surface area contributed by atoms with E-state index in [0.717, 1.165) is 5.56 Å². The lowest BCUT2D eigenvalue weighted by atomic mass is 9.83. The van der Waals surface area contributed by atoms with Crippen molar-refractivity contribution in [1.82, 2.24) is 5.48 Å². The second-order valence-electron chi connectivity index (χ2n) is 5.13. The Hall–Kier alpha value is -1.56. The summed E-state index contributed by atoms with van der Waals surface area (Å²) < 4.78 is 35.7. The molecule has 0 aliphatic rings. The van der Waals surface area contributed by atoms with Crippen LogP contribution in [-0.4, -0.2) is 18.7 Å². The van der Waals surface area contributed by atoms with E-state index >= 15 is 0 Å². The Balaban J connectivity index is 2.78. The Kier molecular flexibility index (Phi) is 4.57. The van der Waals surface area contributed by atoms with Gasteiger partial charge in [-0.3, -0.25) is 9.63 Å². The molecule has 0 radical (unpaired) electrons. The van der Waals surface area contributed by atoms with Gasteiger partial charge in [-0.05, 0) is 17.0 Å². The van der Waals surface area contributed by atoms with Crippen LogP contribution < -0.4 is 5.48 Å². The normalized spacial score (nSPS) is 12.3. The molecule has 0 aliphatic carbocycles. The van der Waals surface area contributed by atoms with Crippen molar-refractivity contribution in [2.45, 2.75) is 32.4 Å². The average molecular weight is 275 g/mol. The number of benzene rings is 1. The Morgan fingerprint density at radius 3 is 2.32 bits per heavy atom. The molecule has 0 heterocycles. The van der Waals surface area contributed by atoms with Crippen LogP contribution >= 0.6 is 0 Å². The van der Waals surface area contributed by atoms with Gasteiger partial charge in [0, 0.05) is 5.56 Å². The number of hydrogen-bond acceptors (Lipinski definition) is 2. The third-order valence-corrected chi connectivity index (χ3v) is 2.38. The molecule has 0 atom stereocenters. The zero-order valence-electron chi connectivity index (χ0n) is 11.0. The topological polar surface area (TPSA) is 38.3 Å². The first-order valence-electron chi connectivity index (χ1n) is 5.69. The fraction of sp³-hybridized carbons (Fsp3) is 0.462. The van der Waals surface area contributed by atoms with Crippen molar-refractivity contribution < 1.29 is 22.8 Å². The third-order valence-electron chi connectivity index (χ3n) is 2.38. The smallest absolute Gasteiger partial charge is 0.267 e. The summed E-state index contributed by atoms with van der Waals surface area (Å²) in [5.74, 6) is -0.685. The molecule has 1 N–H and O–H groups in total. The van der Waals surface area contributed by atoms with Gasteiger partial charge in [-0.25, -0.2) is 5.48 Å². The minimum absolute atomic E-state index is 0.294. The van der Waals surface area contributed by atoms with E-state index in [9.17, 15) is 18.0 Å². The average Bonchev–Trinajstić information content (AvgIpc) is 2.26. The van der Waals surface area contributed by atoms with Gasteiger partial charge in [-0.1, -0.05) is 39.0 Å². The van der Waals surface area contributed by atoms with Crippen LogP contribution in [0.3, 0.4) is 0 Å². The van der Waals surface area contributed by atoms with E-state index in [1.807, 2.05) is 26.3 Å². The summed E-state index contributed by atoms with van der Waals surface area (Å²) in [5.41, 5.74) is 2.56. The number of nitrogens with one attached hydrogen (secondary N) is 1. The fourth-order valence-corrected chi connectivity index (χ4v) is 1.57. The summed E-state index contributed by atoms with van der Waals surface area (Å²) in [6, 6.07) is 6.73. The molecule has 0 saturated heterocycles. The molecule has 1 aromatic carbocycles. The highest BCUT2D eigenvalue weighted by molar-refractivity contribution is 5.95. The van der Waals surface area contributed by atoms with Crippen LogP contribution in [0.5, 0.6) is 0 Å². The second kappa shape index (κ2) is 5.61. The number of hydrogen-bond donors (Lipinski definition) is 1. The van der Waals surface area contributed by atoms with Gasteiger partial charge in [0.2, 0.25) is 0 Å². The molecule has 0 bridgehead atoms. The summed E-state index contributed by atoms with van der Waals surface area (Å²) in [7, 11) is 0. The van der Waals surface area contributed by atoms with Crippen molar-refractivity contribution in [2.75, 3.05) is 6.61 Å². The molecule has 6 heteroatoms. The molecule has 19 heavy (non-hydrogen) atoms. The molecule has 106 valence electrons. The molecular weight excluding hydrogens is 259 g/mol. The van der Waals surface area contributed by atoms with Crippen LogP contribution in [0, 0.1) is 0 Å². The van der Waals surface area contributed by atoms with Gasteiger partial charge in [0.05, 0.1) is 0 Å². The standard InChI is InChI=1S/C13H16F3NO2/c1-12(2,3)10-7-5-4-6-9(10)11(18)17-19-8-13(14,15)16/h4-7H,8H2,1-3H3,(H,17,18). The Morgan fingerprint density at radius 2 is 1.79 bits per heavy atom. The molecule has 0 aliphatic heterocycles. The first kappa shape index (κ1) is 15.5. The van der Waals surface area contributed by atoms with E-state index in [1.54, 1.807) is 24.3 Å². The van der Waals surface area contributed by atoms with Crippen molar-refractivity contribution in [3.8, 4) is 0 Å². The zero-order valence-corrected chi connectivity index (χ0v) is 11.0. The van der Waals surface area contributed by atoms with Crippen molar-refractivity contribution in [3.05, 3.63) is 35.4 Å². The van der Waals surface area contributed by atoms with Crippen LogP contribution in [0.25, 0.3) is 0 Å². The highest BCUT2D eigenvalue weighted by Crippen LogP contribution is 2.25. The number of amides is 1. The lowest BCUT2D eigenvalue weighted by Gasteiger charge is -2.22. The molecule has 0 aromatic heterocycles. The van der Waals surface area contributed by atoms with E-state index in [1.165, 1.54) is 0 Å². The molecule has 3 nitrogen and oxygen atoms in total. The van der Waals surface area contributed by atoms with Crippen LogP contribution in [0.2, 0.25) is 0 Å². The largest absolute Gasteiger partial charge is 0.414 e. The van der Waals surface area contributed by atoms with E-state index in [4.69, 9.17) is 0 Å². The van der Waals surface area contributed by atoms with Crippen molar-refractivity contribution in [3.63, 3.8) is 0 Å². The highest BCUT2D eigenvalue weighted by atomic mass is 19.4. The Bertz CT molecular complexity index is 450. The lowest BCUT2D eigenvalue weighted by molar-refractivity contribution is -0.184. The summed E-state index contributed by atoms with van der Waals surface area (Å²) in [6.07, 6.45) is -4.48. The molecular formula is C13H16F3NO2. The highest BCUT2D eigenvalue weighted by Gasteiger charge is 2.28. The monoisotopic (exact) mass is 275 g/mol. The van der Waals surface area contributed by atoms with E-state index in [-0.39, 0.29) is 5.41 Å². The van der Waals surface area contributed by atoms with Gasteiger partial charge in [-0.2, -0.15) is 13.2 Å². The first-order chi connectivity index (χ1) is 8.61. The maximum atomic E-state index is 11.9. The zero-order chi connectivity index (χ0) is 14.7. The van der Waals surface area contributed by atoms with Crippen molar-refractivity contribution in [1.29, 1.82) is 0 Å². The van der Waals surface area contributed by atoms with Gasteiger partial charge < -0.3 is 0 Å². The molecule has 0 unspecified atom stereocenters. The van der Waals surface area contributed by atoms with Crippen LogP contribution in [-0.2, 0) is 10.3 Å². The maximum Gasteiger partial charge on any atom is 0.414 e. The second-order valence-corrected chi connectivity index (χ2v) is 5.13. The van der Waals surface area contributed by atoms with Crippen LogP contribution in [0.4, 0.5) is 13.2 Å². The summed E-state index contributed by atoms with van der Waals surface area (Å²) in [4.78, 5) is 16.0. The minimum atomic E-state index is -4.48. The van der Waals surface area contributed by atoms with Crippen LogP contribution in [0.1, 0.15) is 36.7 Å². The number of hydroxylamine groups is 1. The first-order valence-corrected chi connectivity index (χ1v) is 5.69. The van der Waals surface area contributed by atoms with Gasteiger partial charge in [0.25, 0.3) is 5.91 Å². The Morgan fingerprint density at radius 1 is 1.21 bits per heavy atom. The lowest BCUT2D eigenvalue weighted by Crippen LogP contribution is -2.31. The SMILES string of the molecule is CC(C)(C)c1ccccc1C(=O)NOCC(F)(F)F. The number of halogens is 3. The number of carbonyl (C=O) groups excluding carboxylic acids is 1. The number of rotatable bonds is 3. The molecule has 1 rings (SSSR count). The van der Waals surface area contributed by atoms with Gasteiger partial charge >= 0.3 is 6.18 Å². The summed E-state index contributed by atoms with van der Waals surface area (Å²) in [5, 5.41) is 0. The van der Waals surface area contributed by atoms with Crippen molar-refractivity contribution >= 4 is 5.91 Å². The third kappa shape index (κ3) is 4.90. The maximum absolute atomic E-state index is 11.9. The molecule has 1 amide bonds. The summed E-state index contributed by atoms with van der Waals surface area (Å²) >= 11 is 0. The minimum Gasteiger partial charge on any atom is -0.267 e. The molecule has 0 spiro atoms. The van der Waals surface area contributed by atoms with Crippen molar-refractivity contribution in [2.24, 2.45) is 0 Å². The number of carbonyl (C=O) groups is 1. The molecule has 0 fully saturated rings. The van der Waals surface area contributed by atoms with E-state index in [2.05, 4.69) is 4.84 Å². The Labute approximate surface area is 109 Å². The van der Waals surface area contributed by atoms with E-state index < -0.39 is 18.7 Å². The predicted molar refractivity (Wildman–Crippen MR) is 64.6 cm³/mol. The number of alkyl halides is 3.